The summed E-state index contributed by atoms with van der Waals surface area (Å²) in [5.74, 6) is 0. The lowest BCUT2D eigenvalue weighted by atomic mass is 9.78. The summed E-state index contributed by atoms with van der Waals surface area (Å²) >= 11 is 0. The van der Waals surface area contributed by atoms with Crippen LogP contribution in [0.3, 0.4) is 0 Å². The SMILES string of the molecule is CC1(C)OB(c2ccc3oc4cc5c(cc4c3c2)c2ccccc2c2c3ccccc3ccc52)OC1(C)C. The Balaban J connectivity index is 1.43. The van der Waals surface area contributed by atoms with Crippen molar-refractivity contribution in [2.75, 3.05) is 0 Å². The van der Waals surface area contributed by atoms with Gasteiger partial charge >= 0.3 is 7.12 Å². The van der Waals surface area contributed by atoms with Gasteiger partial charge in [-0.2, -0.15) is 0 Å². The van der Waals surface area contributed by atoms with E-state index in [1.807, 2.05) is 6.07 Å². The minimum absolute atomic E-state index is 0.383. The van der Waals surface area contributed by atoms with Gasteiger partial charge in [0.15, 0.2) is 0 Å². The van der Waals surface area contributed by atoms with Gasteiger partial charge in [-0.3, -0.25) is 0 Å². The Morgan fingerprint density at radius 3 is 1.92 bits per heavy atom. The van der Waals surface area contributed by atoms with Crippen LogP contribution in [0.5, 0.6) is 0 Å². The molecule has 4 heteroatoms. The van der Waals surface area contributed by atoms with Crippen molar-refractivity contribution in [1.29, 1.82) is 0 Å². The van der Waals surface area contributed by atoms with Gasteiger partial charge in [0.1, 0.15) is 11.2 Å². The molecule has 1 saturated heterocycles. The van der Waals surface area contributed by atoms with E-state index in [1.165, 1.54) is 43.1 Å². The average Bonchev–Trinajstić information content (AvgIpc) is 3.38. The molecule has 7 aromatic rings. The maximum Gasteiger partial charge on any atom is 0.494 e. The lowest BCUT2D eigenvalue weighted by Crippen LogP contribution is -2.41. The van der Waals surface area contributed by atoms with Crippen LogP contribution in [0.2, 0.25) is 0 Å². The second kappa shape index (κ2) is 7.38. The average molecular weight is 494 g/mol. The molecule has 38 heavy (non-hydrogen) atoms. The van der Waals surface area contributed by atoms with Crippen LogP contribution in [-0.2, 0) is 9.31 Å². The highest BCUT2D eigenvalue weighted by Gasteiger charge is 2.51. The maximum absolute atomic E-state index is 6.43. The quantitative estimate of drug-likeness (QED) is 0.169. The fraction of sp³-hybridized carbons (Fsp3) is 0.176. The predicted octanol–water partition coefficient (Wildman–Crippen LogP) is 8.50. The van der Waals surface area contributed by atoms with Crippen molar-refractivity contribution in [3.63, 3.8) is 0 Å². The van der Waals surface area contributed by atoms with E-state index in [4.69, 9.17) is 13.7 Å². The van der Waals surface area contributed by atoms with E-state index in [0.717, 1.165) is 27.4 Å². The van der Waals surface area contributed by atoms with Crippen LogP contribution in [-0.4, -0.2) is 18.3 Å². The summed E-state index contributed by atoms with van der Waals surface area (Å²) in [4.78, 5) is 0. The molecule has 0 N–H and O–H groups in total. The third-order valence-corrected chi connectivity index (χ3v) is 8.86. The van der Waals surface area contributed by atoms with Crippen molar-refractivity contribution in [1.82, 2.24) is 0 Å². The third kappa shape index (κ3) is 2.93. The van der Waals surface area contributed by atoms with Gasteiger partial charge in [-0.05, 0) is 94.4 Å². The van der Waals surface area contributed by atoms with E-state index in [1.54, 1.807) is 0 Å². The number of rotatable bonds is 1. The van der Waals surface area contributed by atoms with Crippen LogP contribution in [0.1, 0.15) is 27.7 Å². The molecule has 1 aliphatic heterocycles. The van der Waals surface area contributed by atoms with Crippen LogP contribution in [0.15, 0.2) is 95.4 Å². The molecule has 1 aliphatic rings. The molecule has 3 nitrogen and oxygen atoms in total. The standard InChI is InChI=1S/C34H27BO3/c1-33(2)34(3,4)38-35(37-33)21-14-16-30-28(17-21)29-18-26-23-11-7-8-12-24(23)32-22-10-6-5-9-20(22)13-15-25(32)27(26)19-31(29)36-30/h5-19H,1-4H3. The molecule has 0 saturated carbocycles. The molecule has 1 aromatic heterocycles. The molecular formula is C34H27BO3. The minimum Gasteiger partial charge on any atom is -0.456 e. The first-order valence-electron chi connectivity index (χ1n) is 13.3. The van der Waals surface area contributed by atoms with Gasteiger partial charge in [0.2, 0.25) is 0 Å². The lowest BCUT2D eigenvalue weighted by Gasteiger charge is -2.32. The van der Waals surface area contributed by atoms with Gasteiger partial charge in [-0.25, -0.2) is 0 Å². The highest BCUT2D eigenvalue weighted by molar-refractivity contribution is 6.62. The van der Waals surface area contributed by atoms with Crippen molar-refractivity contribution < 1.29 is 13.7 Å². The Kier molecular flexibility index (Phi) is 4.30. The number of benzene rings is 6. The molecule has 2 heterocycles. The largest absolute Gasteiger partial charge is 0.494 e. The first-order valence-corrected chi connectivity index (χ1v) is 13.3. The van der Waals surface area contributed by atoms with Gasteiger partial charge in [0.05, 0.1) is 11.2 Å². The molecule has 184 valence electrons. The zero-order valence-electron chi connectivity index (χ0n) is 22.0. The van der Waals surface area contributed by atoms with Gasteiger partial charge in [0.25, 0.3) is 0 Å². The van der Waals surface area contributed by atoms with Crippen molar-refractivity contribution in [3.05, 3.63) is 91.0 Å². The van der Waals surface area contributed by atoms with E-state index in [2.05, 4.69) is 113 Å². The Morgan fingerprint density at radius 2 is 1.13 bits per heavy atom. The second-order valence-electron chi connectivity index (χ2n) is 11.6. The van der Waals surface area contributed by atoms with Gasteiger partial charge in [-0.15, -0.1) is 0 Å². The topological polar surface area (TPSA) is 31.6 Å². The first-order chi connectivity index (χ1) is 18.3. The van der Waals surface area contributed by atoms with Crippen molar-refractivity contribution >= 4 is 77.6 Å². The fourth-order valence-electron chi connectivity index (χ4n) is 6.13. The lowest BCUT2D eigenvalue weighted by molar-refractivity contribution is 0.00578. The smallest absolute Gasteiger partial charge is 0.456 e. The maximum atomic E-state index is 6.43. The van der Waals surface area contributed by atoms with E-state index < -0.39 is 7.12 Å². The summed E-state index contributed by atoms with van der Waals surface area (Å²) < 4.78 is 19.1. The third-order valence-electron chi connectivity index (χ3n) is 8.86. The summed E-state index contributed by atoms with van der Waals surface area (Å²) in [6.45, 7) is 8.35. The van der Waals surface area contributed by atoms with E-state index in [9.17, 15) is 0 Å². The monoisotopic (exact) mass is 494 g/mol. The number of hydrogen-bond donors (Lipinski definition) is 0. The molecule has 0 unspecified atom stereocenters. The molecule has 0 aliphatic carbocycles. The Morgan fingerprint density at radius 1 is 0.500 bits per heavy atom. The number of fused-ring (bicyclic) bond motifs is 11. The molecule has 0 bridgehead atoms. The van der Waals surface area contributed by atoms with E-state index in [0.29, 0.717) is 0 Å². The van der Waals surface area contributed by atoms with Crippen LogP contribution in [0.4, 0.5) is 0 Å². The zero-order chi connectivity index (χ0) is 25.8. The summed E-state index contributed by atoms with van der Waals surface area (Å²) in [5, 5.41) is 12.2. The summed E-state index contributed by atoms with van der Waals surface area (Å²) in [6, 6.07) is 32.7. The fourth-order valence-corrected chi connectivity index (χ4v) is 6.13. The molecule has 0 radical (unpaired) electrons. The van der Waals surface area contributed by atoms with Crippen molar-refractivity contribution in [2.24, 2.45) is 0 Å². The molecule has 0 amide bonds. The van der Waals surface area contributed by atoms with Gasteiger partial charge < -0.3 is 13.7 Å². The molecular weight excluding hydrogens is 467 g/mol. The van der Waals surface area contributed by atoms with Crippen LogP contribution >= 0.6 is 0 Å². The van der Waals surface area contributed by atoms with E-state index in [-0.39, 0.29) is 11.2 Å². The predicted molar refractivity (Wildman–Crippen MR) is 159 cm³/mol. The van der Waals surface area contributed by atoms with Crippen LogP contribution in [0, 0.1) is 0 Å². The van der Waals surface area contributed by atoms with Crippen LogP contribution in [0.25, 0.3) is 65.0 Å². The minimum atomic E-state index is -0.409. The normalized spacial score (nSPS) is 17.1. The number of furan rings is 1. The first kappa shape index (κ1) is 22.2. The van der Waals surface area contributed by atoms with Gasteiger partial charge in [-0.1, -0.05) is 72.8 Å². The molecule has 0 spiro atoms. The zero-order valence-corrected chi connectivity index (χ0v) is 22.0. The van der Waals surface area contributed by atoms with Crippen LogP contribution < -0.4 is 5.46 Å². The highest BCUT2D eigenvalue weighted by Crippen LogP contribution is 2.42. The van der Waals surface area contributed by atoms with Crippen molar-refractivity contribution in [2.45, 2.75) is 38.9 Å². The van der Waals surface area contributed by atoms with Crippen molar-refractivity contribution in [3.8, 4) is 0 Å². The van der Waals surface area contributed by atoms with Gasteiger partial charge in [0, 0.05) is 10.8 Å². The molecule has 8 rings (SSSR count). The Hall–Kier alpha value is -3.86. The molecule has 6 aromatic carbocycles. The van der Waals surface area contributed by atoms with E-state index >= 15 is 0 Å². The molecule has 1 fully saturated rings. The Bertz CT molecular complexity index is 2080. The highest BCUT2D eigenvalue weighted by atomic mass is 16.7. The molecule has 0 atom stereocenters. The second-order valence-corrected chi connectivity index (χ2v) is 11.6. The summed E-state index contributed by atoms with van der Waals surface area (Å²) in [5.41, 5.74) is 2.00. The Labute approximate surface area is 221 Å². The number of hydrogen-bond acceptors (Lipinski definition) is 3. The summed E-state index contributed by atoms with van der Waals surface area (Å²) in [7, 11) is -0.409. The summed E-state index contributed by atoms with van der Waals surface area (Å²) in [6.07, 6.45) is 0.